The molecule has 0 bridgehead atoms. The third-order valence-corrected chi connectivity index (χ3v) is 4.29. The van der Waals surface area contributed by atoms with E-state index < -0.39 is 0 Å². The predicted molar refractivity (Wildman–Crippen MR) is 73.7 cm³/mol. The van der Waals surface area contributed by atoms with Gasteiger partial charge in [0.25, 0.3) is 0 Å². The number of hydrogen-bond donors (Lipinski definition) is 1. The molecule has 2 nitrogen and oxygen atoms in total. The summed E-state index contributed by atoms with van der Waals surface area (Å²) in [4.78, 5) is 1.29. The van der Waals surface area contributed by atoms with Gasteiger partial charge in [0.1, 0.15) is 0 Å². The number of thiophene rings is 1. The second kappa shape index (κ2) is 5.97. The predicted octanol–water partition coefficient (Wildman–Crippen LogP) is 3.67. The first-order chi connectivity index (χ1) is 8.29. The maximum Gasteiger partial charge on any atom is 0.0991 e. The lowest BCUT2D eigenvalue weighted by Crippen LogP contribution is -2.12. The van der Waals surface area contributed by atoms with Gasteiger partial charge < -0.3 is 5.32 Å². The van der Waals surface area contributed by atoms with Crippen molar-refractivity contribution in [1.82, 2.24) is 5.32 Å². The Labute approximate surface area is 113 Å². The second-order valence-corrected chi connectivity index (χ2v) is 5.46. The second-order valence-electron chi connectivity index (χ2n) is 3.61. The van der Waals surface area contributed by atoms with Gasteiger partial charge >= 0.3 is 0 Å². The minimum Gasteiger partial charge on any atom is -0.308 e. The smallest absolute Gasteiger partial charge is 0.0991 e. The molecule has 0 saturated heterocycles. The molecule has 2 rings (SSSR count). The van der Waals surface area contributed by atoms with Crippen molar-refractivity contribution in [3.63, 3.8) is 0 Å². The number of rotatable bonds is 4. The molecule has 86 valence electrons. The molecular formula is C13H11BrN2S. The van der Waals surface area contributed by atoms with E-state index in [1.807, 2.05) is 24.3 Å². The molecule has 0 aliphatic rings. The largest absolute Gasteiger partial charge is 0.308 e. The van der Waals surface area contributed by atoms with Gasteiger partial charge in [-0.05, 0) is 45.1 Å². The van der Waals surface area contributed by atoms with Crippen LogP contribution in [0.5, 0.6) is 0 Å². The third kappa shape index (κ3) is 3.40. The van der Waals surface area contributed by atoms with Gasteiger partial charge in [0, 0.05) is 22.4 Å². The molecule has 0 atom stereocenters. The maximum absolute atomic E-state index is 8.80. The quantitative estimate of drug-likeness (QED) is 0.935. The van der Waals surface area contributed by atoms with Crippen molar-refractivity contribution in [3.8, 4) is 6.07 Å². The van der Waals surface area contributed by atoms with Gasteiger partial charge in [-0.25, -0.2) is 0 Å². The molecule has 1 aromatic carbocycles. The molecule has 1 N–H and O–H groups in total. The van der Waals surface area contributed by atoms with Crippen LogP contribution in [0.25, 0.3) is 0 Å². The van der Waals surface area contributed by atoms with E-state index in [2.05, 4.69) is 38.8 Å². The SMILES string of the molecule is N#Cc1cccc(CNCc2sccc2Br)c1. The van der Waals surface area contributed by atoms with E-state index in [4.69, 9.17) is 5.26 Å². The standard InChI is InChI=1S/C13H11BrN2S/c14-12-4-5-17-13(12)9-16-8-11-3-1-2-10(6-11)7-15/h1-6,16H,8-9H2. The van der Waals surface area contributed by atoms with E-state index in [1.165, 1.54) is 4.88 Å². The van der Waals surface area contributed by atoms with Gasteiger partial charge in [0.2, 0.25) is 0 Å². The number of halogens is 1. The number of nitrogens with zero attached hydrogens (tertiary/aromatic N) is 1. The van der Waals surface area contributed by atoms with Crippen molar-refractivity contribution in [2.75, 3.05) is 0 Å². The van der Waals surface area contributed by atoms with E-state index in [9.17, 15) is 0 Å². The molecule has 4 heteroatoms. The van der Waals surface area contributed by atoms with Crippen LogP contribution in [-0.4, -0.2) is 0 Å². The fraction of sp³-hybridized carbons (Fsp3) is 0.154. The highest BCUT2D eigenvalue weighted by Gasteiger charge is 2.00. The molecule has 0 radical (unpaired) electrons. The van der Waals surface area contributed by atoms with Crippen molar-refractivity contribution in [2.24, 2.45) is 0 Å². The fourth-order valence-electron chi connectivity index (χ4n) is 1.52. The monoisotopic (exact) mass is 306 g/mol. The van der Waals surface area contributed by atoms with Gasteiger partial charge in [-0.15, -0.1) is 11.3 Å². The average molecular weight is 307 g/mol. The van der Waals surface area contributed by atoms with Crippen molar-refractivity contribution in [3.05, 3.63) is 56.2 Å². The molecule has 1 heterocycles. The molecule has 0 spiro atoms. The number of hydrogen-bond acceptors (Lipinski definition) is 3. The minimum atomic E-state index is 0.710. The lowest BCUT2D eigenvalue weighted by molar-refractivity contribution is 0.699. The molecule has 2 aromatic rings. The van der Waals surface area contributed by atoms with Crippen LogP contribution in [0.4, 0.5) is 0 Å². The molecule has 1 aromatic heterocycles. The summed E-state index contributed by atoms with van der Waals surface area (Å²) in [6.07, 6.45) is 0. The number of nitrogens with one attached hydrogen (secondary N) is 1. The highest BCUT2D eigenvalue weighted by molar-refractivity contribution is 9.10. The van der Waals surface area contributed by atoms with Crippen LogP contribution in [0.3, 0.4) is 0 Å². The summed E-state index contributed by atoms with van der Waals surface area (Å²) in [6.45, 7) is 1.62. The number of nitriles is 1. The van der Waals surface area contributed by atoms with Crippen LogP contribution in [0, 0.1) is 11.3 Å². The summed E-state index contributed by atoms with van der Waals surface area (Å²) in [5.74, 6) is 0. The summed E-state index contributed by atoms with van der Waals surface area (Å²) in [5, 5.41) is 14.2. The van der Waals surface area contributed by atoms with Gasteiger partial charge in [-0.2, -0.15) is 5.26 Å². The topological polar surface area (TPSA) is 35.8 Å². The zero-order valence-electron chi connectivity index (χ0n) is 9.11. The molecule has 0 amide bonds. The van der Waals surface area contributed by atoms with Crippen molar-refractivity contribution in [2.45, 2.75) is 13.1 Å². The minimum absolute atomic E-state index is 0.710. The third-order valence-electron chi connectivity index (χ3n) is 2.36. The molecule has 0 aliphatic heterocycles. The number of benzene rings is 1. The normalized spacial score (nSPS) is 10.1. The van der Waals surface area contributed by atoms with Crippen LogP contribution < -0.4 is 5.32 Å². The van der Waals surface area contributed by atoms with Crippen molar-refractivity contribution in [1.29, 1.82) is 5.26 Å². The fourth-order valence-corrected chi connectivity index (χ4v) is 2.98. The molecule has 0 unspecified atom stereocenters. The Balaban J connectivity index is 1.90. The van der Waals surface area contributed by atoms with Gasteiger partial charge in [-0.3, -0.25) is 0 Å². The molecule has 0 aliphatic carbocycles. The summed E-state index contributed by atoms with van der Waals surface area (Å²) >= 11 is 5.23. The first-order valence-corrected chi connectivity index (χ1v) is 6.88. The molecule has 0 fully saturated rings. The highest BCUT2D eigenvalue weighted by atomic mass is 79.9. The van der Waals surface area contributed by atoms with E-state index >= 15 is 0 Å². The van der Waals surface area contributed by atoms with Crippen LogP contribution in [-0.2, 0) is 13.1 Å². The molecule has 17 heavy (non-hydrogen) atoms. The van der Waals surface area contributed by atoms with E-state index in [1.54, 1.807) is 11.3 Å². The van der Waals surface area contributed by atoms with Crippen LogP contribution in [0.1, 0.15) is 16.0 Å². The maximum atomic E-state index is 8.80. The lowest BCUT2D eigenvalue weighted by Gasteiger charge is -2.04. The summed E-state index contributed by atoms with van der Waals surface area (Å²) in [5.41, 5.74) is 1.85. The average Bonchev–Trinajstić information content (AvgIpc) is 2.76. The van der Waals surface area contributed by atoms with Gasteiger partial charge in [0.15, 0.2) is 0 Å². The van der Waals surface area contributed by atoms with Crippen LogP contribution in [0.2, 0.25) is 0 Å². The van der Waals surface area contributed by atoms with E-state index in [0.717, 1.165) is 23.1 Å². The molecular weight excluding hydrogens is 296 g/mol. The van der Waals surface area contributed by atoms with E-state index in [-0.39, 0.29) is 0 Å². The van der Waals surface area contributed by atoms with Crippen molar-refractivity contribution < 1.29 is 0 Å². The Hall–Kier alpha value is -1.15. The molecule has 0 saturated carbocycles. The van der Waals surface area contributed by atoms with Gasteiger partial charge in [0.05, 0.1) is 11.6 Å². The zero-order chi connectivity index (χ0) is 12.1. The highest BCUT2D eigenvalue weighted by Crippen LogP contribution is 2.22. The summed E-state index contributed by atoms with van der Waals surface area (Å²) in [7, 11) is 0. The van der Waals surface area contributed by atoms with E-state index in [0.29, 0.717) is 5.56 Å². The first kappa shape index (κ1) is 12.3. The Bertz CT molecular complexity index is 542. The summed E-state index contributed by atoms with van der Waals surface area (Å²) < 4.78 is 1.15. The zero-order valence-corrected chi connectivity index (χ0v) is 11.5. The van der Waals surface area contributed by atoms with Crippen LogP contribution >= 0.6 is 27.3 Å². The first-order valence-electron chi connectivity index (χ1n) is 5.21. The van der Waals surface area contributed by atoms with Crippen molar-refractivity contribution >= 4 is 27.3 Å². The Morgan fingerprint density at radius 2 is 2.18 bits per heavy atom. The Kier molecular flexibility index (Phi) is 4.32. The van der Waals surface area contributed by atoms with Crippen LogP contribution in [0.15, 0.2) is 40.2 Å². The Morgan fingerprint density at radius 3 is 2.88 bits per heavy atom. The summed E-state index contributed by atoms with van der Waals surface area (Å²) in [6, 6.07) is 11.9. The van der Waals surface area contributed by atoms with Gasteiger partial charge in [-0.1, -0.05) is 12.1 Å². The lowest BCUT2D eigenvalue weighted by atomic mass is 10.1. The Morgan fingerprint density at radius 1 is 1.29 bits per heavy atom.